The number of ether oxygens (including phenoxy) is 3. The third kappa shape index (κ3) is 45.7. The van der Waals surface area contributed by atoms with Crippen molar-refractivity contribution in [2.24, 2.45) is 0 Å². The molecule has 0 heterocycles. The van der Waals surface area contributed by atoms with Crippen LogP contribution in [0.4, 0.5) is 0 Å². The lowest BCUT2D eigenvalue weighted by Gasteiger charge is -2.18. The van der Waals surface area contributed by atoms with E-state index in [1.807, 2.05) is 0 Å². The maximum atomic E-state index is 12.8. The number of rotatable bonds is 43. The third-order valence-corrected chi connectivity index (χ3v) is 10.2. The van der Waals surface area contributed by atoms with Gasteiger partial charge in [0.2, 0.25) is 0 Å². The van der Waals surface area contributed by atoms with Crippen molar-refractivity contribution in [2.75, 3.05) is 13.2 Å². The van der Waals surface area contributed by atoms with Crippen molar-refractivity contribution in [1.29, 1.82) is 0 Å². The summed E-state index contributed by atoms with van der Waals surface area (Å²) in [5.41, 5.74) is 0. The van der Waals surface area contributed by atoms with Gasteiger partial charge in [0, 0.05) is 19.3 Å². The molecule has 1 atom stereocenters. The van der Waals surface area contributed by atoms with Crippen LogP contribution < -0.4 is 0 Å². The standard InChI is InChI=1S/C54H90O6/c1-4-7-10-13-16-19-22-25-27-29-32-35-38-41-44-47-53(56)59-50-51(49-58-52(55)46-43-40-37-34-31-24-21-18-15-12-9-6-3)60-54(57)48-45-42-39-36-33-30-28-26-23-20-17-14-11-8-5-2/h7-8,10-11,13-14,16-23,51H,4-6,9,12,15,24-50H2,1-3H3/b10-7-,11-8-,16-13-,17-14-,21-18-,22-19-,23-20-. The monoisotopic (exact) mass is 835 g/mol. The van der Waals surface area contributed by atoms with Crippen LogP contribution in [0.25, 0.3) is 0 Å². The Hall–Kier alpha value is -3.41. The summed E-state index contributed by atoms with van der Waals surface area (Å²) in [5, 5.41) is 0. The molecule has 0 saturated carbocycles. The van der Waals surface area contributed by atoms with Crippen LogP contribution in [0.5, 0.6) is 0 Å². The number of allylic oxidation sites excluding steroid dienone is 14. The van der Waals surface area contributed by atoms with Gasteiger partial charge in [-0.25, -0.2) is 0 Å². The highest BCUT2D eigenvalue weighted by atomic mass is 16.6. The van der Waals surface area contributed by atoms with Gasteiger partial charge in [0.1, 0.15) is 13.2 Å². The van der Waals surface area contributed by atoms with Crippen LogP contribution in [-0.4, -0.2) is 37.2 Å². The van der Waals surface area contributed by atoms with Crippen molar-refractivity contribution in [2.45, 2.75) is 226 Å². The summed E-state index contributed by atoms with van der Waals surface area (Å²) >= 11 is 0. The highest BCUT2D eigenvalue weighted by molar-refractivity contribution is 5.71. The van der Waals surface area contributed by atoms with Crippen LogP contribution in [0.15, 0.2) is 85.1 Å². The smallest absolute Gasteiger partial charge is 0.306 e. The third-order valence-electron chi connectivity index (χ3n) is 10.2. The summed E-state index contributed by atoms with van der Waals surface area (Å²) in [6, 6.07) is 0. The zero-order chi connectivity index (χ0) is 43.7. The average molecular weight is 835 g/mol. The first kappa shape index (κ1) is 56.6. The second kappa shape index (κ2) is 48.3. The van der Waals surface area contributed by atoms with Gasteiger partial charge in [0.05, 0.1) is 0 Å². The molecular weight excluding hydrogens is 745 g/mol. The number of unbranched alkanes of at least 4 members (excludes halogenated alkanes) is 22. The predicted octanol–water partition coefficient (Wildman–Crippen LogP) is 16.0. The molecule has 0 aliphatic rings. The summed E-state index contributed by atoms with van der Waals surface area (Å²) < 4.78 is 16.7. The van der Waals surface area contributed by atoms with Crippen LogP contribution in [0, 0.1) is 0 Å². The Balaban J connectivity index is 4.44. The SMILES string of the molecule is CC\C=C/C=C\C=C/CCCCCCCCCC(=O)OCC(COC(=O)CCCCCCC/C=C\CCCCC)OC(=O)CCCCCCCCC\C=C/C=C\C=C/CC. The van der Waals surface area contributed by atoms with Gasteiger partial charge in [0.15, 0.2) is 6.10 Å². The van der Waals surface area contributed by atoms with Crippen molar-refractivity contribution in [3.8, 4) is 0 Å². The van der Waals surface area contributed by atoms with Gasteiger partial charge in [-0.1, -0.05) is 202 Å². The van der Waals surface area contributed by atoms with E-state index in [0.717, 1.165) is 89.9 Å². The van der Waals surface area contributed by atoms with Crippen LogP contribution in [0.2, 0.25) is 0 Å². The van der Waals surface area contributed by atoms with Crippen LogP contribution in [0.1, 0.15) is 220 Å². The Morgan fingerprint density at radius 3 is 1.05 bits per heavy atom. The largest absolute Gasteiger partial charge is 0.462 e. The van der Waals surface area contributed by atoms with Crippen molar-refractivity contribution in [1.82, 2.24) is 0 Å². The van der Waals surface area contributed by atoms with Crippen molar-refractivity contribution >= 4 is 17.9 Å². The van der Waals surface area contributed by atoms with Gasteiger partial charge in [-0.2, -0.15) is 0 Å². The van der Waals surface area contributed by atoms with E-state index in [2.05, 4.69) is 106 Å². The molecule has 0 spiro atoms. The van der Waals surface area contributed by atoms with Gasteiger partial charge >= 0.3 is 17.9 Å². The van der Waals surface area contributed by atoms with Gasteiger partial charge in [0.25, 0.3) is 0 Å². The number of carbonyl (C=O) groups excluding carboxylic acids is 3. The number of hydrogen-bond acceptors (Lipinski definition) is 6. The lowest BCUT2D eigenvalue weighted by Crippen LogP contribution is -2.30. The molecule has 60 heavy (non-hydrogen) atoms. The van der Waals surface area contributed by atoms with E-state index < -0.39 is 6.10 Å². The number of carbonyl (C=O) groups is 3. The molecule has 0 aliphatic carbocycles. The molecule has 0 bridgehead atoms. The van der Waals surface area contributed by atoms with Gasteiger partial charge in [-0.3, -0.25) is 14.4 Å². The van der Waals surface area contributed by atoms with Crippen molar-refractivity contribution in [3.05, 3.63) is 85.1 Å². The second-order valence-corrected chi connectivity index (χ2v) is 16.1. The molecule has 0 aromatic carbocycles. The van der Waals surface area contributed by atoms with Crippen LogP contribution in [0.3, 0.4) is 0 Å². The summed E-state index contributed by atoms with van der Waals surface area (Å²) in [5.74, 6) is -0.927. The minimum Gasteiger partial charge on any atom is -0.462 e. The Bertz CT molecular complexity index is 1190. The summed E-state index contributed by atoms with van der Waals surface area (Å²) in [4.78, 5) is 37.9. The quantitative estimate of drug-likeness (QED) is 0.0200. The number of esters is 3. The van der Waals surface area contributed by atoms with E-state index in [-0.39, 0.29) is 31.1 Å². The normalized spacial score (nSPS) is 12.8. The fraction of sp³-hybridized carbons (Fsp3) is 0.685. The summed E-state index contributed by atoms with van der Waals surface area (Å²) in [6.45, 7) is 6.32. The minimum absolute atomic E-state index is 0.0907. The Morgan fingerprint density at radius 2 is 0.667 bits per heavy atom. The molecule has 0 saturated heterocycles. The highest BCUT2D eigenvalue weighted by Crippen LogP contribution is 2.14. The lowest BCUT2D eigenvalue weighted by molar-refractivity contribution is -0.167. The molecular formula is C54H90O6. The van der Waals surface area contributed by atoms with Crippen molar-refractivity contribution in [3.63, 3.8) is 0 Å². The minimum atomic E-state index is -0.790. The molecule has 0 rings (SSSR count). The average Bonchev–Trinajstić information content (AvgIpc) is 3.24. The van der Waals surface area contributed by atoms with Gasteiger partial charge in [-0.05, 0) is 83.5 Å². The first-order valence-corrected chi connectivity index (χ1v) is 24.7. The molecule has 6 nitrogen and oxygen atoms in total. The fourth-order valence-corrected chi connectivity index (χ4v) is 6.55. The van der Waals surface area contributed by atoms with E-state index >= 15 is 0 Å². The van der Waals surface area contributed by atoms with Gasteiger partial charge in [-0.15, -0.1) is 0 Å². The molecule has 0 aliphatic heterocycles. The maximum Gasteiger partial charge on any atom is 0.306 e. The van der Waals surface area contributed by atoms with Gasteiger partial charge < -0.3 is 14.2 Å². The fourth-order valence-electron chi connectivity index (χ4n) is 6.55. The highest BCUT2D eigenvalue weighted by Gasteiger charge is 2.19. The summed E-state index contributed by atoms with van der Waals surface area (Å²) in [7, 11) is 0. The molecule has 0 fully saturated rings. The van der Waals surface area contributed by atoms with Crippen LogP contribution >= 0.6 is 0 Å². The zero-order valence-electron chi connectivity index (χ0n) is 38.9. The second-order valence-electron chi connectivity index (χ2n) is 16.1. The number of hydrogen-bond donors (Lipinski definition) is 0. The Labute approximate surface area is 369 Å². The van der Waals surface area contributed by atoms with E-state index in [1.54, 1.807) is 0 Å². The molecule has 1 unspecified atom stereocenters. The van der Waals surface area contributed by atoms with E-state index in [4.69, 9.17) is 14.2 Å². The molecule has 0 aromatic rings. The molecule has 0 amide bonds. The predicted molar refractivity (Wildman–Crippen MR) is 256 cm³/mol. The molecule has 6 heteroatoms. The Kier molecular flexibility index (Phi) is 45.5. The topological polar surface area (TPSA) is 78.9 Å². The Morgan fingerprint density at radius 1 is 0.350 bits per heavy atom. The van der Waals surface area contributed by atoms with E-state index in [9.17, 15) is 14.4 Å². The summed E-state index contributed by atoms with van der Waals surface area (Å²) in [6.07, 6.45) is 61.3. The van der Waals surface area contributed by atoms with E-state index in [1.165, 1.54) is 89.9 Å². The zero-order valence-corrected chi connectivity index (χ0v) is 38.9. The van der Waals surface area contributed by atoms with Crippen LogP contribution in [-0.2, 0) is 28.6 Å². The molecule has 0 N–H and O–H groups in total. The maximum absolute atomic E-state index is 12.8. The first-order valence-electron chi connectivity index (χ1n) is 24.7. The molecule has 342 valence electrons. The van der Waals surface area contributed by atoms with Crippen molar-refractivity contribution < 1.29 is 28.6 Å². The first-order chi connectivity index (χ1) is 29.5. The molecule has 0 radical (unpaired) electrons. The lowest BCUT2D eigenvalue weighted by atomic mass is 10.1. The molecule has 0 aromatic heterocycles. The van der Waals surface area contributed by atoms with E-state index in [0.29, 0.717) is 19.3 Å².